The van der Waals surface area contributed by atoms with E-state index in [4.69, 9.17) is 9.47 Å². The minimum absolute atomic E-state index is 0.630. The van der Waals surface area contributed by atoms with Crippen LogP contribution in [0.25, 0.3) is 0 Å². The molecule has 13 heavy (non-hydrogen) atoms. The number of methoxy groups -OCH3 is 1. The normalized spacial score (nSPS) is 15.0. The largest absolute Gasteiger partial charge is 0.496 e. The molecule has 0 aromatic carbocycles. The molecule has 68 valence electrons. The van der Waals surface area contributed by atoms with Gasteiger partial charge in [-0.2, -0.15) is 0 Å². The molecule has 4 heteroatoms. The third kappa shape index (κ3) is 1.47. The van der Waals surface area contributed by atoms with E-state index in [1.165, 1.54) is 0 Å². The van der Waals surface area contributed by atoms with E-state index in [9.17, 15) is 0 Å². The average molecular weight is 178 g/mol. The third-order valence-electron chi connectivity index (χ3n) is 1.82. The predicted octanol–water partition coefficient (Wildman–Crippen LogP) is 0.867. The highest BCUT2D eigenvalue weighted by atomic mass is 16.5. The zero-order chi connectivity index (χ0) is 9.10. The summed E-state index contributed by atoms with van der Waals surface area (Å²) >= 11 is 0. The summed E-state index contributed by atoms with van der Waals surface area (Å²) in [5.74, 6) is 1.38. The quantitative estimate of drug-likeness (QED) is 0.674. The minimum atomic E-state index is 0.630. The van der Waals surface area contributed by atoms with Crippen molar-refractivity contribution in [1.29, 1.82) is 0 Å². The summed E-state index contributed by atoms with van der Waals surface area (Å²) in [6, 6.07) is 1.79. The molecule has 0 amide bonds. The van der Waals surface area contributed by atoms with Crippen molar-refractivity contribution in [2.24, 2.45) is 4.99 Å². The van der Waals surface area contributed by atoms with E-state index in [1.807, 2.05) is 0 Å². The van der Waals surface area contributed by atoms with Gasteiger partial charge in [-0.25, -0.2) is 4.99 Å². The molecule has 1 aliphatic rings. The van der Waals surface area contributed by atoms with Gasteiger partial charge in [0.25, 0.3) is 0 Å². The van der Waals surface area contributed by atoms with Gasteiger partial charge in [0.2, 0.25) is 5.90 Å². The Kier molecular flexibility index (Phi) is 2.12. The lowest BCUT2D eigenvalue weighted by Crippen LogP contribution is -2.04. The molecule has 0 saturated heterocycles. The van der Waals surface area contributed by atoms with Crippen molar-refractivity contribution < 1.29 is 9.47 Å². The number of pyridine rings is 1. The summed E-state index contributed by atoms with van der Waals surface area (Å²) in [5, 5.41) is 0. The monoisotopic (exact) mass is 178 g/mol. The van der Waals surface area contributed by atoms with Crippen molar-refractivity contribution in [2.45, 2.75) is 0 Å². The van der Waals surface area contributed by atoms with Crippen molar-refractivity contribution in [2.75, 3.05) is 20.3 Å². The van der Waals surface area contributed by atoms with E-state index in [1.54, 1.807) is 25.6 Å². The molecule has 0 aliphatic carbocycles. The van der Waals surface area contributed by atoms with Crippen LogP contribution in [-0.2, 0) is 4.74 Å². The molecule has 0 atom stereocenters. The van der Waals surface area contributed by atoms with Crippen molar-refractivity contribution in [3.05, 3.63) is 24.0 Å². The summed E-state index contributed by atoms with van der Waals surface area (Å²) in [6.45, 7) is 1.36. The number of nitrogens with zero attached hydrogens (tertiary/aromatic N) is 2. The molecule has 0 fully saturated rings. The van der Waals surface area contributed by atoms with Crippen LogP contribution in [-0.4, -0.2) is 31.1 Å². The Bertz CT molecular complexity index is 336. The lowest BCUT2D eigenvalue weighted by Gasteiger charge is -2.06. The van der Waals surface area contributed by atoms with Gasteiger partial charge in [-0.3, -0.25) is 4.98 Å². The van der Waals surface area contributed by atoms with Crippen LogP contribution in [0, 0.1) is 0 Å². The number of hydrogen-bond acceptors (Lipinski definition) is 4. The van der Waals surface area contributed by atoms with Crippen molar-refractivity contribution >= 4 is 5.90 Å². The molecule has 1 aromatic rings. The van der Waals surface area contributed by atoms with E-state index in [2.05, 4.69) is 9.98 Å². The van der Waals surface area contributed by atoms with Gasteiger partial charge in [-0.05, 0) is 6.07 Å². The lowest BCUT2D eigenvalue weighted by atomic mass is 10.2. The molecule has 0 N–H and O–H groups in total. The van der Waals surface area contributed by atoms with Gasteiger partial charge in [0.15, 0.2) is 0 Å². The topological polar surface area (TPSA) is 43.7 Å². The molecular weight excluding hydrogens is 168 g/mol. The average Bonchev–Trinajstić information content (AvgIpc) is 2.70. The number of rotatable bonds is 2. The second kappa shape index (κ2) is 3.43. The van der Waals surface area contributed by atoms with Crippen LogP contribution in [0.4, 0.5) is 0 Å². The predicted molar refractivity (Wildman–Crippen MR) is 48.1 cm³/mol. The SMILES string of the molecule is COc1ccncc1C1=NCCO1. The number of aliphatic imine (C=N–C) groups is 1. The first-order valence-electron chi connectivity index (χ1n) is 4.07. The zero-order valence-corrected chi connectivity index (χ0v) is 7.36. The summed E-state index contributed by atoms with van der Waals surface area (Å²) in [6.07, 6.45) is 3.38. The molecule has 0 unspecified atom stereocenters. The first-order valence-corrected chi connectivity index (χ1v) is 4.07. The molecule has 0 radical (unpaired) electrons. The van der Waals surface area contributed by atoms with Crippen LogP contribution in [0.1, 0.15) is 5.56 Å². The van der Waals surface area contributed by atoms with Crippen LogP contribution in [0.5, 0.6) is 5.75 Å². The van der Waals surface area contributed by atoms with E-state index in [-0.39, 0.29) is 0 Å². The van der Waals surface area contributed by atoms with Gasteiger partial charge in [-0.15, -0.1) is 0 Å². The van der Waals surface area contributed by atoms with Crippen LogP contribution >= 0.6 is 0 Å². The Morgan fingerprint density at radius 3 is 3.15 bits per heavy atom. The lowest BCUT2D eigenvalue weighted by molar-refractivity contribution is 0.345. The Morgan fingerprint density at radius 1 is 1.54 bits per heavy atom. The molecular formula is C9H10N2O2. The van der Waals surface area contributed by atoms with E-state index < -0.39 is 0 Å². The molecule has 4 nitrogen and oxygen atoms in total. The van der Waals surface area contributed by atoms with Crippen LogP contribution in [0.2, 0.25) is 0 Å². The first-order chi connectivity index (χ1) is 6.42. The van der Waals surface area contributed by atoms with E-state index in [0.717, 1.165) is 11.3 Å². The van der Waals surface area contributed by atoms with Crippen LogP contribution < -0.4 is 4.74 Å². The van der Waals surface area contributed by atoms with E-state index in [0.29, 0.717) is 19.0 Å². The molecule has 1 aliphatic heterocycles. The Hall–Kier alpha value is -1.58. The molecule has 0 saturated carbocycles. The second-order valence-corrected chi connectivity index (χ2v) is 2.61. The molecule has 2 rings (SSSR count). The second-order valence-electron chi connectivity index (χ2n) is 2.61. The maximum Gasteiger partial charge on any atom is 0.221 e. The summed E-state index contributed by atoms with van der Waals surface area (Å²) < 4.78 is 10.5. The van der Waals surface area contributed by atoms with Gasteiger partial charge < -0.3 is 9.47 Å². The van der Waals surface area contributed by atoms with Crippen LogP contribution in [0.15, 0.2) is 23.5 Å². The highest BCUT2D eigenvalue weighted by Gasteiger charge is 2.14. The van der Waals surface area contributed by atoms with Crippen molar-refractivity contribution in [3.8, 4) is 5.75 Å². The fourth-order valence-corrected chi connectivity index (χ4v) is 1.22. The molecule has 0 spiro atoms. The van der Waals surface area contributed by atoms with Gasteiger partial charge in [0.1, 0.15) is 12.4 Å². The number of hydrogen-bond donors (Lipinski definition) is 0. The standard InChI is InChI=1S/C9H10N2O2/c1-12-8-2-3-10-6-7(8)9-11-4-5-13-9/h2-3,6H,4-5H2,1H3. The smallest absolute Gasteiger partial charge is 0.221 e. The molecule has 0 bridgehead atoms. The highest BCUT2D eigenvalue weighted by Crippen LogP contribution is 2.18. The van der Waals surface area contributed by atoms with Gasteiger partial charge >= 0.3 is 0 Å². The van der Waals surface area contributed by atoms with Crippen molar-refractivity contribution in [3.63, 3.8) is 0 Å². The zero-order valence-electron chi connectivity index (χ0n) is 7.36. The molecule has 2 heterocycles. The maximum absolute atomic E-state index is 5.31. The van der Waals surface area contributed by atoms with Gasteiger partial charge in [0.05, 0.1) is 19.2 Å². The third-order valence-corrected chi connectivity index (χ3v) is 1.82. The Balaban J connectivity index is 2.38. The Morgan fingerprint density at radius 2 is 2.46 bits per heavy atom. The minimum Gasteiger partial charge on any atom is -0.496 e. The first kappa shape index (κ1) is 8.04. The highest BCUT2D eigenvalue weighted by molar-refractivity contribution is 5.97. The fraction of sp³-hybridized carbons (Fsp3) is 0.333. The van der Waals surface area contributed by atoms with Gasteiger partial charge in [-0.1, -0.05) is 0 Å². The van der Waals surface area contributed by atoms with Gasteiger partial charge in [0, 0.05) is 12.4 Å². The van der Waals surface area contributed by atoms with Crippen LogP contribution in [0.3, 0.4) is 0 Å². The van der Waals surface area contributed by atoms with Crippen molar-refractivity contribution in [1.82, 2.24) is 4.98 Å². The summed E-state index contributed by atoms with van der Waals surface area (Å²) in [7, 11) is 1.62. The Labute approximate surface area is 76.2 Å². The number of ether oxygens (including phenoxy) is 2. The fourth-order valence-electron chi connectivity index (χ4n) is 1.22. The summed E-state index contributed by atoms with van der Waals surface area (Å²) in [5.41, 5.74) is 0.822. The summed E-state index contributed by atoms with van der Waals surface area (Å²) in [4.78, 5) is 8.19. The maximum atomic E-state index is 5.31. The number of aromatic nitrogens is 1. The molecule has 1 aromatic heterocycles. The van der Waals surface area contributed by atoms with E-state index >= 15 is 0 Å².